The molecule has 1 N–H and O–H groups in total. The lowest BCUT2D eigenvalue weighted by atomic mass is 9.78. The van der Waals surface area contributed by atoms with E-state index >= 15 is 0 Å². The molecule has 1 fully saturated rings. The smallest absolute Gasteiger partial charge is 0.338 e. The molecule has 2 aliphatic rings. The molecule has 7 nitrogen and oxygen atoms in total. The van der Waals surface area contributed by atoms with Gasteiger partial charge in [-0.15, -0.1) is 0 Å². The molecule has 1 heterocycles. The third-order valence-corrected chi connectivity index (χ3v) is 6.66. The normalized spacial score (nSPS) is 30.1. The Kier molecular flexibility index (Phi) is 7.40. The molecule has 0 radical (unpaired) electrons. The highest BCUT2D eigenvalue weighted by Gasteiger charge is 2.58. The number of aliphatic hydroxyl groups is 1. The number of hydrogen-bond acceptors (Lipinski definition) is 7. The van der Waals surface area contributed by atoms with Gasteiger partial charge in [0.2, 0.25) is 5.75 Å². The highest BCUT2D eigenvalue weighted by molar-refractivity contribution is 5.91. The number of allylic oxidation sites excluding steroid dienone is 1. The van der Waals surface area contributed by atoms with Crippen molar-refractivity contribution in [3.05, 3.63) is 29.3 Å². The largest absolute Gasteiger partial charge is 0.493 e. The van der Waals surface area contributed by atoms with E-state index in [0.717, 1.165) is 18.4 Å². The van der Waals surface area contributed by atoms with Crippen molar-refractivity contribution in [1.29, 1.82) is 0 Å². The molecule has 1 saturated heterocycles. The topological polar surface area (TPSA) is 86.8 Å². The van der Waals surface area contributed by atoms with Gasteiger partial charge in [-0.2, -0.15) is 0 Å². The Morgan fingerprint density at radius 1 is 1.16 bits per heavy atom. The first-order valence-electron chi connectivity index (χ1n) is 11.2. The first-order chi connectivity index (χ1) is 15.1. The summed E-state index contributed by atoms with van der Waals surface area (Å²) in [6.45, 7) is 8.16. The summed E-state index contributed by atoms with van der Waals surface area (Å²) in [6.07, 6.45) is 3.00. The summed E-state index contributed by atoms with van der Waals surface area (Å²) in [5.74, 6) is 0.477. The van der Waals surface area contributed by atoms with E-state index in [4.69, 9.17) is 23.7 Å². The van der Waals surface area contributed by atoms with Crippen LogP contribution in [0.5, 0.6) is 17.2 Å². The first kappa shape index (κ1) is 24.4. The molecule has 1 aliphatic heterocycles. The van der Waals surface area contributed by atoms with Crippen LogP contribution >= 0.6 is 0 Å². The predicted molar refractivity (Wildman–Crippen MR) is 121 cm³/mol. The van der Waals surface area contributed by atoms with Gasteiger partial charge in [0.1, 0.15) is 12.2 Å². The van der Waals surface area contributed by atoms with E-state index < -0.39 is 18.2 Å². The maximum atomic E-state index is 13.2. The van der Waals surface area contributed by atoms with Gasteiger partial charge < -0.3 is 28.8 Å². The fraction of sp³-hybridized carbons (Fsp3) is 0.640. The SMILES string of the molecule is COc1cc(C(=O)O[C@H]2CC(C)=CCC[C@]3(C)O[C@H]3C(O)C2C(C)C)cc(OC)c1OC. The Morgan fingerprint density at radius 3 is 2.31 bits per heavy atom. The Balaban J connectivity index is 1.93. The van der Waals surface area contributed by atoms with Crippen LogP contribution in [0.25, 0.3) is 0 Å². The van der Waals surface area contributed by atoms with Gasteiger partial charge in [-0.25, -0.2) is 4.79 Å². The van der Waals surface area contributed by atoms with E-state index in [9.17, 15) is 9.90 Å². The molecule has 178 valence electrons. The maximum absolute atomic E-state index is 13.2. The zero-order valence-corrected chi connectivity index (χ0v) is 20.1. The van der Waals surface area contributed by atoms with E-state index in [0.29, 0.717) is 29.2 Å². The second-order valence-electron chi connectivity index (χ2n) is 9.31. The minimum Gasteiger partial charge on any atom is -0.493 e. The van der Waals surface area contributed by atoms with Crippen LogP contribution < -0.4 is 14.2 Å². The molecule has 1 aromatic rings. The van der Waals surface area contributed by atoms with Crippen LogP contribution in [-0.4, -0.2) is 56.3 Å². The molecule has 1 aliphatic carbocycles. The van der Waals surface area contributed by atoms with Crippen LogP contribution in [0.3, 0.4) is 0 Å². The summed E-state index contributed by atoms with van der Waals surface area (Å²) in [5, 5.41) is 11.2. The number of ether oxygens (including phenoxy) is 5. The summed E-state index contributed by atoms with van der Waals surface area (Å²) < 4.78 is 28.1. The number of esters is 1. The summed E-state index contributed by atoms with van der Waals surface area (Å²) >= 11 is 0. The fourth-order valence-electron chi connectivity index (χ4n) is 4.80. The van der Waals surface area contributed by atoms with Gasteiger partial charge in [0.15, 0.2) is 11.5 Å². The highest BCUT2D eigenvalue weighted by Crippen LogP contribution is 2.47. The van der Waals surface area contributed by atoms with E-state index in [-0.39, 0.29) is 23.5 Å². The average Bonchev–Trinajstić information content (AvgIpc) is 3.43. The van der Waals surface area contributed by atoms with Gasteiger partial charge >= 0.3 is 5.97 Å². The maximum Gasteiger partial charge on any atom is 0.338 e. The Labute approximate surface area is 190 Å². The van der Waals surface area contributed by atoms with Gasteiger partial charge in [0.05, 0.1) is 38.6 Å². The molecule has 0 spiro atoms. The van der Waals surface area contributed by atoms with Gasteiger partial charge in [0, 0.05) is 12.3 Å². The van der Waals surface area contributed by atoms with Crippen molar-refractivity contribution in [3.8, 4) is 17.2 Å². The summed E-state index contributed by atoms with van der Waals surface area (Å²) in [7, 11) is 4.51. The third kappa shape index (κ3) is 4.89. The van der Waals surface area contributed by atoms with Crippen LogP contribution in [0.2, 0.25) is 0 Å². The molecule has 0 bridgehead atoms. The summed E-state index contributed by atoms with van der Waals surface area (Å²) in [5.41, 5.74) is 1.10. The lowest BCUT2D eigenvalue weighted by Gasteiger charge is -2.34. The molecular formula is C25H36O7. The monoisotopic (exact) mass is 448 g/mol. The van der Waals surface area contributed by atoms with Crippen LogP contribution in [0, 0.1) is 11.8 Å². The zero-order valence-electron chi connectivity index (χ0n) is 20.1. The number of epoxide rings is 1. The molecule has 1 aromatic carbocycles. The van der Waals surface area contributed by atoms with Crippen molar-refractivity contribution in [2.24, 2.45) is 11.8 Å². The summed E-state index contributed by atoms with van der Waals surface area (Å²) in [6, 6.07) is 3.16. The van der Waals surface area contributed by atoms with Crippen molar-refractivity contribution in [1.82, 2.24) is 0 Å². The Morgan fingerprint density at radius 2 is 1.78 bits per heavy atom. The molecular weight excluding hydrogens is 412 g/mol. The van der Waals surface area contributed by atoms with Crippen molar-refractivity contribution >= 4 is 5.97 Å². The fourth-order valence-corrected chi connectivity index (χ4v) is 4.80. The second kappa shape index (κ2) is 9.71. The molecule has 0 aromatic heterocycles. The molecule has 2 unspecified atom stereocenters. The van der Waals surface area contributed by atoms with E-state index in [1.54, 1.807) is 12.1 Å². The number of carbonyl (C=O) groups excluding carboxylic acids is 1. The number of carbonyl (C=O) groups is 1. The molecule has 3 rings (SSSR count). The van der Waals surface area contributed by atoms with E-state index in [1.807, 2.05) is 27.7 Å². The van der Waals surface area contributed by atoms with Crippen molar-refractivity contribution in [2.75, 3.05) is 21.3 Å². The number of benzene rings is 1. The minimum absolute atomic E-state index is 0.0865. The molecule has 7 heteroatoms. The van der Waals surface area contributed by atoms with Gasteiger partial charge in [-0.05, 0) is 44.7 Å². The zero-order chi connectivity index (χ0) is 23.6. The Hall–Kier alpha value is -2.25. The number of methoxy groups -OCH3 is 3. The van der Waals surface area contributed by atoms with Gasteiger partial charge in [0.25, 0.3) is 0 Å². The Bertz CT molecular complexity index is 837. The lowest BCUT2D eigenvalue weighted by Crippen LogP contribution is -2.43. The number of hydrogen-bond donors (Lipinski definition) is 1. The van der Waals surface area contributed by atoms with Crippen molar-refractivity contribution in [2.45, 2.75) is 70.9 Å². The second-order valence-corrected chi connectivity index (χ2v) is 9.31. The third-order valence-electron chi connectivity index (χ3n) is 6.66. The van der Waals surface area contributed by atoms with Crippen LogP contribution in [0.1, 0.15) is 57.3 Å². The predicted octanol–water partition coefficient (Wildman–Crippen LogP) is 4.16. The van der Waals surface area contributed by atoms with Crippen molar-refractivity contribution in [3.63, 3.8) is 0 Å². The van der Waals surface area contributed by atoms with E-state index in [1.165, 1.54) is 21.3 Å². The standard InChI is InChI=1S/C25H36O7/c1-14(2)20-17(11-15(3)9-8-10-25(4)23(32-25)21(20)26)31-24(27)16-12-18(28-5)22(30-7)19(13-16)29-6/h9,12-14,17,20-21,23,26H,8,10-11H2,1-7H3/t17-,20?,21?,23-,25-/m0/s1. The molecule has 5 atom stereocenters. The molecule has 0 amide bonds. The van der Waals surface area contributed by atoms with Crippen LogP contribution in [0.15, 0.2) is 23.8 Å². The van der Waals surface area contributed by atoms with Gasteiger partial charge in [-0.3, -0.25) is 0 Å². The number of rotatable bonds is 6. The van der Waals surface area contributed by atoms with Gasteiger partial charge in [-0.1, -0.05) is 25.5 Å². The van der Waals surface area contributed by atoms with Crippen molar-refractivity contribution < 1.29 is 33.6 Å². The van der Waals surface area contributed by atoms with Crippen LogP contribution in [-0.2, 0) is 9.47 Å². The number of aliphatic hydroxyl groups excluding tert-OH is 1. The molecule has 32 heavy (non-hydrogen) atoms. The first-order valence-corrected chi connectivity index (χ1v) is 11.2. The highest BCUT2D eigenvalue weighted by atomic mass is 16.6. The average molecular weight is 449 g/mol. The van der Waals surface area contributed by atoms with E-state index in [2.05, 4.69) is 6.08 Å². The molecule has 0 saturated carbocycles. The quantitative estimate of drug-likeness (QED) is 0.397. The lowest BCUT2D eigenvalue weighted by molar-refractivity contribution is -0.0419. The summed E-state index contributed by atoms with van der Waals surface area (Å²) in [4.78, 5) is 13.2. The van der Waals surface area contributed by atoms with Crippen LogP contribution in [0.4, 0.5) is 0 Å². The number of fused-ring (bicyclic) bond motifs is 1. The minimum atomic E-state index is -0.719.